The Kier molecular flexibility index (Phi) is 5.32. The molecule has 1 aromatic rings. The topological polar surface area (TPSA) is 43.8 Å². The molecule has 0 bridgehead atoms. The Morgan fingerprint density at radius 1 is 1.00 bits per heavy atom. The predicted octanol–water partition coefficient (Wildman–Crippen LogP) is 2.70. The largest absolute Gasteiger partial charge is 0.379 e. The summed E-state index contributed by atoms with van der Waals surface area (Å²) in [4.78, 5) is 17.1. The van der Waals surface area contributed by atoms with Crippen LogP contribution in [0.2, 0.25) is 0 Å². The van der Waals surface area contributed by atoms with Crippen LogP contribution in [0.5, 0.6) is 0 Å². The molecule has 3 fully saturated rings. The second-order valence-electron chi connectivity index (χ2n) is 8.74. The zero-order valence-electron chi connectivity index (χ0n) is 15.8. The molecule has 4 rings (SSSR count). The maximum atomic E-state index is 12.8. The molecule has 1 amide bonds. The van der Waals surface area contributed by atoms with E-state index < -0.39 is 5.60 Å². The molecule has 1 aliphatic carbocycles. The zero-order chi connectivity index (χ0) is 18.0. The van der Waals surface area contributed by atoms with Gasteiger partial charge >= 0.3 is 0 Å². The Morgan fingerprint density at radius 2 is 1.73 bits per heavy atom. The van der Waals surface area contributed by atoms with E-state index in [1.165, 1.54) is 18.4 Å². The molecule has 1 aromatic carbocycles. The van der Waals surface area contributed by atoms with E-state index in [1.54, 1.807) is 0 Å². The standard InChI is InChI=1S/C22H32N2O2/c25-21-22(26,11-4-12-24(21)16-20-7-8-20)17-23-13-9-19(10-14-23)15-18-5-2-1-3-6-18/h1-3,5-6,19-20,26H,4,7-17H2/t22-/m1/s1. The number of nitrogens with zero attached hydrogens (tertiary/aromatic N) is 2. The number of β-amino-alcohol motifs (C(OH)–C–C–N with tert-alkyl or cyclic N) is 1. The Morgan fingerprint density at radius 3 is 2.42 bits per heavy atom. The highest BCUT2D eigenvalue weighted by Gasteiger charge is 2.44. The summed E-state index contributed by atoms with van der Waals surface area (Å²) in [6.45, 7) is 4.20. The lowest BCUT2D eigenvalue weighted by Gasteiger charge is -2.42. The second-order valence-corrected chi connectivity index (χ2v) is 8.74. The Hall–Kier alpha value is -1.39. The molecule has 0 unspecified atom stereocenters. The van der Waals surface area contributed by atoms with Crippen LogP contribution >= 0.6 is 0 Å². The van der Waals surface area contributed by atoms with Crippen molar-refractivity contribution in [3.63, 3.8) is 0 Å². The fraction of sp³-hybridized carbons (Fsp3) is 0.682. The van der Waals surface area contributed by atoms with Crippen LogP contribution < -0.4 is 0 Å². The Balaban J connectivity index is 1.28. The van der Waals surface area contributed by atoms with Crippen molar-refractivity contribution in [3.8, 4) is 0 Å². The monoisotopic (exact) mass is 356 g/mol. The van der Waals surface area contributed by atoms with Crippen molar-refractivity contribution < 1.29 is 9.90 Å². The number of piperidine rings is 2. The first kappa shape index (κ1) is 18.0. The number of aliphatic hydroxyl groups is 1. The SMILES string of the molecule is O=C1N(CC2CC2)CCC[C@@]1(O)CN1CCC(Cc2ccccc2)CC1. The highest BCUT2D eigenvalue weighted by Crippen LogP contribution is 2.33. The van der Waals surface area contributed by atoms with Crippen LogP contribution in [-0.4, -0.2) is 59.1 Å². The molecule has 2 heterocycles. The lowest BCUT2D eigenvalue weighted by molar-refractivity contribution is -0.160. The minimum Gasteiger partial charge on any atom is -0.379 e. The van der Waals surface area contributed by atoms with Gasteiger partial charge in [0.25, 0.3) is 5.91 Å². The van der Waals surface area contributed by atoms with Crippen LogP contribution in [0.1, 0.15) is 44.1 Å². The van der Waals surface area contributed by atoms with Crippen LogP contribution in [-0.2, 0) is 11.2 Å². The third-order valence-corrected chi connectivity index (χ3v) is 6.44. The van der Waals surface area contributed by atoms with Gasteiger partial charge in [-0.1, -0.05) is 30.3 Å². The van der Waals surface area contributed by atoms with E-state index in [-0.39, 0.29) is 5.91 Å². The van der Waals surface area contributed by atoms with E-state index in [0.29, 0.717) is 18.9 Å². The molecule has 0 radical (unpaired) electrons. The average molecular weight is 357 g/mol. The fourth-order valence-electron chi connectivity index (χ4n) is 4.66. The Bertz CT molecular complexity index is 608. The maximum Gasteiger partial charge on any atom is 0.255 e. The van der Waals surface area contributed by atoms with Crippen molar-refractivity contribution in [1.82, 2.24) is 9.80 Å². The maximum absolute atomic E-state index is 12.8. The van der Waals surface area contributed by atoms with E-state index in [1.807, 2.05) is 4.90 Å². The number of hydrogen-bond acceptors (Lipinski definition) is 3. The van der Waals surface area contributed by atoms with Gasteiger partial charge in [-0.05, 0) is 75.4 Å². The molecule has 26 heavy (non-hydrogen) atoms. The molecule has 1 saturated carbocycles. The molecule has 2 saturated heterocycles. The van der Waals surface area contributed by atoms with E-state index in [0.717, 1.165) is 57.8 Å². The lowest BCUT2D eigenvalue weighted by Crippen LogP contribution is -2.59. The van der Waals surface area contributed by atoms with Crippen molar-refractivity contribution in [2.75, 3.05) is 32.7 Å². The number of hydrogen-bond donors (Lipinski definition) is 1. The average Bonchev–Trinajstić information content (AvgIpc) is 3.46. The summed E-state index contributed by atoms with van der Waals surface area (Å²) in [6.07, 6.45) is 7.51. The van der Waals surface area contributed by atoms with Gasteiger partial charge in [0, 0.05) is 19.6 Å². The molecule has 0 aromatic heterocycles. The van der Waals surface area contributed by atoms with Crippen molar-refractivity contribution in [3.05, 3.63) is 35.9 Å². The van der Waals surface area contributed by atoms with Gasteiger partial charge in [0.05, 0.1) is 0 Å². The van der Waals surface area contributed by atoms with E-state index in [4.69, 9.17) is 0 Å². The highest BCUT2D eigenvalue weighted by atomic mass is 16.3. The van der Waals surface area contributed by atoms with Crippen LogP contribution in [0.25, 0.3) is 0 Å². The minimum atomic E-state index is -1.15. The van der Waals surface area contributed by atoms with Gasteiger partial charge in [-0.25, -0.2) is 0 Å². The van der Waals surface area contributed by atoms with Gasteiger partial charge in [-0.2, -0.15) is 0 Å². The summed E-state index contributed by atoms with van der Waals surface area (Å²) >= 11 is 0. The van der Waals surface area contributed by atoms with Gasteiger partial charge < -0.3 is 10.0 Å². The molecular weight excluding hydrogens is 324 g/mol. The van der Waals surface area contributed by atoms with Gasteiger partial charge in [0.1, 0.15) is 0 Å². The number of carbonyl (C=O) groups is 1. The zero-order valence-corrected chi connectivity index (χ0v) is 15.8. The van der Waals surface area contributed by atoms with Crippen molar-refractivity contribution in [1.29, 1.82) is 0 Å². The molecule has 2 aliphatic heterocycles. The van der Waals surface area contributed by atoms with Crippen molar-refractivity contribution in [2.24, 2.45) is 11.8 Å². The van der Waals surface area contributed by atoms with Crippen molar-refractivity contribution in [2.45, 2.75) is 50.5 Å². The molecule has 1 N–H and O–H groups in total. The number of amides is 1. The highest BCUT2D eigenvalue weighted by molar-refractivity contribution is 5.86. The third-order valence-electron chi connectivity index (χ3n) is 6.44. The lowest BCUT2D eigenvalue weighted by atomic mass is 9.87. The van der Waals surface area contributed by atoms with Gasteiger partial charge in [-0.3, -0.25) is 9.69 Å². The minimum absolute atomic E-state index is 0.0120. The molecule has 4 heteroatoms. The summed E-state index contributed by atoms with van der Waals surface area (Å²) in [5.41, 5.74) is 0.266. The second kappa shape index (κ2) is 7.69. The Labute approximate surface area is 157 Å². The smallest absolute Gasteiger partial charge is 0.255 e. The molecule has 3 aliphatic rings. The first-order valence-corrected chi connectivity index (χ1v) is 10.4. The molecule has 142 valence electrons. The normalized spacial score (nSPS) is 28.5. The summed E-state index contributed by atoms with van der Waals surface area (Å²) < 4.78 is 0. The fourth-order valence-corrected chi connectivity index (χ4v) is 4.66. The molecule has 1 atom stereocenters. The summed E-state index contributed by atoms with van der Waals surface area (Å²) in [7, 11) is 0. The summed E-state index contributed by atoms with van der Waals surface area (Å²) in [6, 6.07) is 10.7. The third kappa shape index (κ3) is 4.29. The van der Waals surface area contributed by atoms with Gasteiger partial charge in [0.2, 0.25) is 0 Å². The molecular formula is C22H32N2O2. The summed E-state index contributed by atoms with van der Waals surface area (Å²) in [5.74, 6) is 1.40. The van der Waals surface area contributed by atoms with Gasteiger partial charge in [0.15, 0.2) is 5.60 Å². The molecule has 4 nitrogen and oxygen atoms in total. The van der Waals surface area contributed by atoms with E-state index >= 15 is 0 Å². The first-order valence-electron chi connectivity index (χ1n) is 10.4. The van der Waals surface area contributed by atoms with Crippen LogP contribution in [0.15, 0.2) is 30.3 Å². The van der Waals surface area contributed by atoms with Gasteiger partial charge in [-0.15, -0.1) is 0 Å². The number of rotatable bonds is 6. The quantitative estimate of drug-likeness (QED) is 0.852. The van der Waals surface area contributed by atoms with Crippen LogP contribution in [0.3, 0.4) is 0 Å². The molecule has 0 spiro atoms. The van der Waals surface area contributed by atoms with Crippen LogP contribution in [0, 0.1) is 11.8 Å². The number of benzene rings is 1. The van der Waals surface area contributed by atoms with Crippen LogP contribution in [0.4, 0.5) is 0 Å². The van der Waals surface area contributed by atoms with E-state index in [2.05, 4.69) is 35.2 Å². The number of carbonyl (C=O) groups excluding carboxylic acids is 1. The number of likely N-dealkylation sites (tertiary alicyclic amines) is 2. The first-order chi connectivity index (χ1) is 12.6. The van der Waals surface area contributed by atoms with Crippen molar-refractivity contribution >= 4 is 5.91 Å². The van der Waals surface area contributed by atoms with E-state index in [9.17, 15) is 9.90 Å². The summed E-state index contributed by atoms with van der Waals surface area (Å²) in [5, 5.41) is 11.1. The predicted molar refractivity (Wildman–Crippen MR) is 103 cm³/mol.